The number of carbonyl (C=O) groups excluding carboxylic acids is 1. The highest BCUT2D eigenvalue weighted by molar-refractivity contribution is 5.77. The van der Waals surface area contributed by atoms with Gasteiger partial charge in [-0.3, -0.25) is 4.79 Å². The van der Waals surface area contributed by atoms with Gasteiger partial charge in [-0.05, 0) is 13.8 Å². The van der Waals surface area contributed by atoms with E-state index in [4.69, 9.17) is 4.74 Å². The number of ether oxygens (including phenoxy) is 1. The van der Waals surface area contributed by atoms with Crippen LogP contribution >= 0.6 is 0 Å². The molecular formula is C13H21N2O3+. The number of hydrogen-bond acceptors (Lipinski definition) is 3. The molecule has 0 aliphatic rings. The van der Waals surface area contributed by atoms with Gasteiger partial charge in [-0.2, -0.15) is 0 Å². The number of aryl methyl sites for hydroxylation is 1. The third kappa shape index (κ3) is 3.12. The molecule has 0 spiro atoms. The summed E-state index contributed by atoms with van der Waals surface area (Å²) in [6.07, 6.45) is 1.74. The molecule has 0 radical (unpaired) electrons. The highest BCUT2D eigenvalue weighted by atomic mass is 16.5. The largest absolute Gasteiger partial charge is 0.504 e. The molecular weight excluding hydrogens is 232 g/mol. The smallest absolute Gasteiger partial charge is 0.260 e. The van der Waals surface area contributed by atoms with Crippen LogP contribution in [0.5, 0.6) is 11.5 Å². The summed E-state index contributed by atoms with van der Waals surface area (Å²) >= 11 is 0. The lowest BCUT2D eigenvalue weighted by Gasteiger charge is -2.18. The molecule has 1 aromatic rings. The number of likely N-dealkylation sites (N-methyl/N-ethyl adjacent to an activating group) is 1. The standard InChI is InChI=1S/C13H20N2O3/c1-5-15(6-2)12(17)9-18-13-10(3)14(4)8-7-11(13)16/h7-8H,5-6,9H2,1-4H3/p+1. The highest BCUT2D eigenvalue weighted by Crippen LogP contribution is 2.26. The van der Waals surface area contributed by atoms with Crippen LogP contribution in [0.1, 0.15) is 19.5 Å². The molecule has 0 fully saturated rings. The Morgan fingerprint density at radius 2 is 2.06 bits per heavy atom. The molecule has 0 aliphatic carbocycles. The average Bonchev–Trinajstić information content (AvgIpc) is 2.35. The van der Waals surface area contributed by atoms with Crippen molar-refractivity contribution in [3.8, 4) is 11.5 Å². The third-order valence-electron chi connectivity index (χ3n) is 3.00. The van der Waals surface area contributed by atoms with Gasteiger partial charge >= 0.3 is 0 Å². The molecule has 0 bridgehead atoms. The summed E-state index contributed by atoms with van der Waals surface area (Å²) < 4.78 is 7.26. The molecule has 0 saturated carbocycles. The van der Waals surface area contributed by atoms with Crippen molar-refractivity contribution in [2.45, 2.75) is 20.8 Å². The monoisotopic (exact) mass is 253 g/mol. The Labute approximate surface area is 108 Å². The molecule has 1 N–H and O–H groups in total. The summed E-state index contributed by atoms with van der Waals surface area (Å²) in [5.41, 5.74) is 0.780. The van der Waals surface area contributed by atoms with Crippen molar-refractivity contribution in [2.24, 2.45) is 7.05 Å². The summed E-state index contributed by atoms with van der Waals surface area (Å²) in [5.74, 6) is 0.337. The first kappa shape index (κ1) is 14.3. The maximum atomic E-state index is 11.8. The van der Waals surface area contributed by atoms with Gasteiger partial charge in [0, 0.05) is 26.1 Å². The Bertz CT molecular complexity index is 428. The number of carbonyl (C=O) groups is 1. The van der Waals surface area contributed by atoms with E-state index in [0.29, 0.717) is 18.8 Å². The minimum Gasteiger partial charge on any atom is -0.504 e. The Morgan fingerprint density at radius 3 is 2.61 bits per heavy atom. The van der Waals surface area contributed by atoms with Gasteiger partial charge in [0.2, 0.25) is 11.4 Å². The van der Waals surface area contributed by atoms with Gasteiger partial charge in [0.15, 0.2) is 18.6 Å². The molecule has 0 atom stereocenters. The molecule has 0 aromatic carbocycles. The molecule has 100 valence electrons. The van der Waals surface area contributed by atoms with Crippen LogP contribution in [0, 0.1) is 6.92 Å². The van der Waals surface area contributed by atoms with Crippen molar-refractivity contribution in [2.75, 3.05) is 19.7 Å². The van der Waals surface area contributed by atoms with Crippen molar-refractivity contribution < 1.29 is 19.2 Å². The van der Waals surface area contributed by atoms with E-state index in [1.54, 1.807) is 17.2 Å². The predicted molar refractivity (Wildman–Crippen MR) is 67.4 cm³/mol. The summed E-state index contributed by atoms with van der Waals surface area (Å²) in [6.45, 7) is 6.94. The zero-order valence-electron chi connectivity index (χ0n) is 11.4. The molecule has 5 nitrogen and oxygen atoms in total. The number of aromatic nitrogens is 1. The molecule has 0 unspecified atom stereocenters. The Hall–Kier alpha value is -1.78. The fraction of sp³-hybridized carbons (Fsp3) is 0.538. The van der Waals surface area contributed by atoms with E-state index >= 15 is 0 Å². The SMILES string of the molecule is CCN(CC)C(=O)COc1c(O)cc[n+](C)c1C. The van der Waals surface area contributed by atoms with Crippen molar-refractivity contribution in [1.29, 1.82) is 0 Å². The van der Waals surface area contributed by atoms with Crippen LogP contribution in [0.2, 0.25) is 0 Å². The van der Waals surface area contributed by atoms with Crippen molar-refractivity contribution in [1.82, 2.24) is 4.90 Å². The second-order valence-corrected chi connectivity index (χ2v) is 4.08. The normalized spacial score (nSPS) is 10.2. The Morgan fingerprint density at radius 1 is 1.44 bits per heavy atom. The maximum Gasteiger partial charge on any atom is 0.260 e. The van der Waals surface area contributed by atoms with Gasteiger partial charge < -0.3 is 14.7 Å². The number of rotatable bonds is 5. The fourth-order valence-corrected chi connectivity index (χ4v) is 1.70. The van der Waals surface area contributed by atoms with E-state index in [-0.39, 0.29) is 18.3 Å². The quantitative estimate of drug-likeness (QED) is 0.789. The van der Waals surface area contributed by atoms with Crippen LogP contribution in [0.25, 0.3) is 0 Å². The summed E-state index contributed by atoms with van der Waals surface area (Å²) in [5, 5.41) is 9.72. The lowest BCUT2D eigenvalue weighted by Crippen LogP contribution is -2.35. The van der Waals surface area contributed by atoms with E-state index in [1.165, 1.54) is 0 Å². The number of hydrogen-bond donors (Lipinski definition) is 1. The minimum atomic E-state index is -0.0784. The molecule has 5 heteroatoms. The van der Waals surface area contributed by atoms with Gasteiger partial charge in [-0.1, -0.05) is 0 Å². The van der Waals surface area contributed by atoms with Crippen LogP contribution in [0.3, 0.4) is 0 Å². The van der Waals surface area contributed by atoms with Crippen molar-refractivity contribution >= 4 is 5.91 Å². The zero-order valence-corrected chi connectivity index (χ0v) is 11.4. The first-order valence-electron chi connectivity index (χ1n) is 6.10. The third-order valence-corrected chi connectivity index (χ3v) is 3.00. The van der Waals surface area contributed by atoms with E-state index in [0.717, 1.165) is 5.69 Å². The topological polar surface area (TPSA) is 53.7 Å². The zero-order chi connectivity index (χ0) is 13.7. The first-order valence-corrected chi connectivity index (χ1v) is 6.10. The maximum absolute atomic E-state index is 11.8. The lowest BCUT2D eigenvalue weighted by molar-refractivity contribution is -0.678. The molecule has 1 aromatic heterocycles. The predicted octanol–water partition coefficient (Wildman–Crippen LogP) is 0.772. The second kappa shape index (κ2) is 6.23. The lowest BCUT2D eigenvalue weighted by atomic mass is 10.3. The minimum absolute atomic E-state index is 0.0537. The number of nitrogens with zero attached hydrogens (tertiary/aromatic N) is 2. The number of aromatic hydroxyl groups is 1. The van der Waals surface area contributed by atoms with E-state index < -0.39 is 0 Å². The molecule has 1 amide bonds. The molecule has 0 saturated heterocycles. The van der Waals surface area contributed by atoms with E-state index in [1.807, 2.05) is 32.4 Å². The average molecular weight is 253 g/mol. The van der Waals surface area contributed by atoms with Gasteiger partial charge in [0.05, 0.1) is 0 Å². The van der Waals surface area contributed by atoms with Crippen LogP contribution in [0.4, 0.5) is 0 Å². The summed E-state index contributed by atoms with van der Waals surface area (Å²) in [7, 11) is 1.86. The Kier molecular flexibility index (Phi) is 4.95. The van der Waals surface area contributed by atoms with Crippen LogP contribution < -0.4 is 9.30 Å². The Balaban J connectivity index is 2.75. The number of amides is 1. The van der Waals surface area contributed by atoms with E-state index in [9.17, 15) is 9.90 Å². The molecule has 1 rings (SSSR count). The van der Waals surface area contributed by atoms with Crippen LogP contribution in [0.15, 0.2) is 12.3 Å². The molecule has 18 heavy (non-hydrogen) atoms. The van der Waals surface area contributed by atoms with Gasteiger partial charge in [0.1, 0.15) is 7.05 Å². The highest BCUT2D eigenvalue weighted by Gasteiger charge is 2.17. The molecule has 1 heterocycles. The summed E-state index contributed by atoms with van der Waals surface area (Å²) in [4.78, 5) is 13.5. The van der Waals surface area contributed by atoms with Crippen LogP contribution in [-0.2, 0) is 11.8 Å². The van der Waals surface area contributed by atoms with Gasteiger partial charge in [-0.25, -0.2) is 4.57 Å². The van der Waals surface area contributed by atoms with Gasteiger partial charge in [-0.15, -0.1) is 0 Å². The fourth-order valence-electron chi connectivity index (χ4n) is 1.70. The first-order chi connectivity index (χ1) is 8.51. The van der Waals surface area contributed by atoms with Crippen molar-refractivity contribution in [3.05, 3.63) is 18.0 Å². The summed E-state index contributed by atoms with van der Waals surface area (Å²) in [6, 6.07) is 1.55. The van der Waals surface area contributed by atoms with Crippen LogP contribution in [-0.4, -0.2) is 35.6 Å². The van der Waals surface area contributed by atoms with Crippen molar-refractivity contribution in [3.63, 3.8) is 0 Å². The van der Waals surface area contributed by atoms with E-state index in [2.05, 4.69) is 0 Å². The second-order valence-electron chi connectivity index (χ2n) is 4.08. The van der Waals surface area contributed by atoms with Gasteiger partial charge in [0.25, 0.3) is 5.91 Å². The number of pyridine rings is 1. The molecule has 0 aliphatic heterocycles.